The number of rotatable bonds is 7. The van der Waals surface area contributed by atoms with Crippen molar-refractivity contribution in [2.75, 3.05) is 29.5 Å². The van der Waals surface area contributed by atoms with E-state index in [2.05, 4.69) is 10.1 Å². The number of anilines is 2. The van der Waals surface area contributed by atoms with Crippen molar-refractivity contribution in [1.29, 1.82) is 0 Å². The van der Waals surface area contributed by atoms with Gasteiger partial charge in [-0.05, 0) is 48.5 Å². The Bertz CT molecular complexity index is 913. The van der Waals surface area contributed by atoms with Crippen molar-refractivity contribution in [3.8, 4) is 11.5 Å². The van der Waals surface area contributed by atoms with Crippen LogP contribution in [0.25, 0.3) is 0 Å². The van der Waals surface area contributed by atoms with E-state index in [1.54, 1.807) is 12.1 Å². The number of amides is 1. The first-order chi connectivity index (χ1) is 13.0. The number of halogens is 3. The highest BCUT2D eigenvalue weighted by molar-refractivity contribution is 7.92. The molecule has 0 atom stereocenters. The number of carbonyl (C=O) groups is 1. The van der Waals surface area contributed by atoms with Crippen LogP contribution in [0.15, 0.2) is 48.5 Å². The number of nitrogens with zero attached hydrogens (tertiary/aromatic N) is 1. The molecule has 0 saturated heterocycles. The third-order valence-electron chi connectivity index (χ3n) is 3.42. The summed E-state index contributed by atoms with van der Waals surface area (Å²) in [6, 6.07) is 10.5. The van der Waals surface area contributed by atoms with Crippen LogP contribution in [0.3, 0.4) is 0 Å². The van der Waals surface area contributed by atoms with E-state index in [1.165, 1.54) is 31.4 Å². The minimum Gasteiger partial charge on any atom is -0.497 e. The second kappa shape index (κ2) is 8.38. The van der Waals surface area contributed by atoms with Crippen LogP contribution in [0.2, 0.25) is 0 Å². The van der Waals surface area contributed by atoms with Crippen LogP contribution in [0.4, 0.5) is 24.5 Å². The van der Waals surface area contributed by atoms with Crippen molar-refractivity contribution in [2.24, 2.45) is 0 Å². The molecule has 0 fully saturated rings. The van der Waals surface area contributed by atoms with Crippen LogP contribution >= 0.6 is 0 Å². The molecule has 1 amide bonds. The van der Waals surface area contributed by atoms with Crippen LogP contribution in [-0.2, 0) is 14.8 Å². The van der Waals surface area contributed by atoms with Crippen LogP contribution in [0.5, 0.6) is 11.5 Å². The van der Waals surface area contributed by atoms with E-state index in [-0.39, 0.29) is 11.4 Å². The summed E-state index contributed by atoms with van der Waals surface area (Å²) in [7, 11) is -2.31. The standard InChI is InChI=1S/C17H17F3N2O5S/c1-26-14-9-5-13(6-10-14)22(28(2,24)25)11-16(23)21-12-3-7-15(8-4-12)27-17(18,19)20/h3-10H,11H2,1-2H3,(H,21,23). The molecule has 2 aromatic rings. The quantitative estimate of drug-likeness (QED) is 0.747. The van der Waals surface area contributed by atoms with Gasteiger partial charge in [0.05, 0.1) is 19.1 Å². The van der Waals surface area contributed by atoms with Gasteiger partial charge >= 0.3 is 6.36 Å². The molecule has 2 rings (SSSR count). The Labute approximate surface area is 159 Å². The van der Waals surface area contributed by atoms with Crippen molar-refractivity contribution < 1.29 is 35.9 Å². The molecule has 152 valence electrons. The molecule has 0 spiro atoms. The lowest BCUT2D eigenvalue weighted by Crippen LogP contribution is -2.37. The Balaban J connectivity index is 2.09. The molecule has 7 nitrogen and oxygen atoms in total. The van der Waals surface area contributed by atoms with Crippen molar-refractivity contribution >= 4 is 27.3 Å². The number of methoxy groups -OCH3 is 1. The first-order valence-corrected chi connectivity index (χ1v) is 9.60. The molecule has 0 heterocycles. The average Bonchev–Trinajstić information content (AvgIpc) is 2.59. The lowest BCUT2D eigenvalue weighted by atomic mass is 10.3. The van der Waals surface area contributed by atoms with Gasteiger partial charge in [-0.15, -0.1) is 13.2 Å². The number of hydrogen-bond acceptors (Lipinski definition) is 5. The first-order valence-electron chi connectivity index (χ1n) is 7.75. The summed E-state index contributed by atoms with van der Waals surface area (Å²) in [5, 5.41) is 2.42. The second-order valence-corrected chi connectivity index (χ2v) is 7.49. The monoisotopic (exact) mass is 418 g/mol. The molecular formula is C17H17F3N2O5S. The first kappa shape index (κ1) is 21.4. The minimum atomic E-state index is -4.82. The molecule has 28 heavy (non-hydrogen) atoms. The zero-order valence-corrected chi connectivity index (χ0v) is 15.7. The summed E-state index contributed by atoms with van der Waals surface area (Å²) >= 11 is 0. The van der Waals surface area contributed by atoms with E-state index in [9.17, 15) is 26.4 Å². The van der Waals surface area contributed by atoms with E-state index in [4.69, 9.17) is 4.74 Å². The second-order valence-electron chi connectivity index (χ2n) is 5.59. The molecule has 0 aliphatic rings. The molecule has 0 aliphatic heterocycles. The Kier molecular flexibility index (Phi) is 6.39. The maximum absolute atomic E-state index is 12.2. The Morgan fingerprint density at radius 3 is 2.04 bits per heavy atom. The molecular weight excluding hydrogens is 401 g/mol. The number of hydrogen-bond donors (Lipinski definition) is 1. The molecule has 0 saturated carbocycles. The Morgan fingerprint density at radius 1 is 1.04 bits per heavy atom. The van der Waals surface area contributed by atoms with Crippen molar-refractivity contribution in [3.63, 3.8) is 0 Å². The number of nitrogens with one attached hydrogen (secondary N) is 1. The van der Waals surface area contributed by atoms with Gasteiger partial charge < -0.3 is 14.8 Å². The number of alkyl halides is 3. The van der Waals surface area contributed by atoms with E-state index < -0.39 is 34.6 Å². The molecule has 0 aromatic heterocycles. The number of benzene rings is 2. The molecule has 0 bridgehead atoms. The van der Waals surface area contributed by atoms with Gasteiger partial charge in [0.15, 0.2) is 0 Å². The van der Waals surface area contributed by atoms with Gasteiger partial charge in [-0.1, -0.05) is 0 Å². The van der Waals surface area contributed by atoms with E-state index in [1.807, 2.05) is 0 Å². The smallest absolute Gasteiger partial charge is 0.497 e. The summed E-state index contributed by atoms with van der Waals surface area (Å²) in [5.41, 5.74) is 0.440. The van der Waals surface area contributed by atoms with E-state index in [0.29, 0.717) is 5.75 Å². The van der Waals surface area contributed by atoms with Gasteiger partial charge in [-0.2, -0.15) is 0 Å². The minimum absolute atomic E-state index is 0.183. The van der Waals surface area contributed by atoms with E-state index >= 15 is 0 Å². The molecule has 0 radical (unpaired) electrons. The molecule has 11 heteroatoms. The normalized spacial score (nSPS) is 11.6. The number of ether oxygens (including phenoxy) is 2. The lowest BCUT2D eigenvalue weighted by Gasteiger charge is -2.22. The van der Waals surface area contributed by atoms with Gasteiger partial charge in [0.25, 0.3) is 0 Å². The zero-order valence-electron chi connectivity index (χ0n) is 14.9. The summed E-state index contributed by atoms with van der Waals surface area (Å²) < 4.78 is 70.2. The number of sulfonamides is 1. The Morgan fingerprint density at radius 2 is 1.57 bits per heavy atom. The fourth-order valence-corrected chi connectivity index (χ4v) is 3.08. The fourth-order valence-electron chi connectivity index (χ4n) is 2.22. The van der Waals surface area contributed by atoms with Crippen molar-refractivity contribution in [2.45, 2.75) is 6.36 Å². The summed E-state index contributed by atoms with van der Waals surface area (Å²) in [4.78, 5) is 12.2. The molecule has 1 N–H and O–H groups in total. The highest BCUT2D eigenvalue weighted by Gasteiger charge is 2.31. The molecule has 2 aromatic carbocycles. The maximum Gasteiger partial charge on any atom is 0.573 e. The third-order valence-corrected chi connectivity index (χ3v) is 4.56. The summed E-state index contributed by atoms with van der Waals surface area (Å²) in [6.45, 7) is -0.522. The predicted molar refractivity (Wildman–Crippen MR) is 96.9 cm³/mol. The van der Waals surface area contributed by atoms with Crippen molar-refractivity contribution in [1.82, 2.24) is 0 Å². The largest absolute Gasteiger partial charge is 0.573 e. The predicted octanol–water partition coefficient (Wildman–Crippen LogP) is 3.00. The zero-order chi connectivity index (χ0) is 20.9. The van der Waals surface area contributed by atoms with Crippen LogP contribution in [-0.4, -0.2) is 40.6 Å². The van der Waals surface area contributed by atoms with Crippen LogP contribution < -0.4 is 19.1 Å². The van der Waals surface area contributed by atoms with Gasteiger partial charge in [-0.25, -0.2) is 8.42 Å². The van der Waals surface area contributed by atoms with Crippen LogP contribution in [0.1, 0.15) is 0 Å². The maximum atomic E-state index is 12.2. The lowest BCUT2D eigenvalue weighted by molar-refractivity contribution is -0.274. The van der Waals surface area contributed by atoms with Crippen molar-refractivity contribution in [3.05, 3.63) is 48.5 Å². The molecule has 0 unspecified atom stereocenters. The van der Waals surface area contributed by atoms with Gasteiger partial charge in [0.1, 0.15) is 18.0 Å². The highest BCUT2D eigenvalue weighted by Crippen LogP contribution is 2.24. The Hall–Kier alpha value is -2.95. The average molecular weight is 418 g/mol. The summed E-state index contributed by atoms with van der Waals surface area (Å²) in [5.74, 6) is -0.602. The van der Waals surface area contributed by atoms with E-state index in [0.717, 1.165) is 22.7 Å². The SMILES string of the molecule is COc1ccc(N(CC(=O)Nc2ccc(OC(F)(F)F)cc2)S(C)(=O)=O)cc1. The van der Waals surface area contributed by atoms with Crippen LogP contribution in [0, 0.1) is 0 Å². The molecule has 0 aliphatic carbocycles. The van der Waals surface area contributed by atoms with Gasteiger partial charge in [-0.3, -0.25) is 9.10 Å². The third kappa shape index (κ3) is 6.34. The summed E-state index contributed by atoms with van der Waals surface area (Å²) in [6.07, 6.45) is -3.87. The topological polar surface area (TPSA) is 84.9 Å². The van der Waals surface area contributed by atoms with Gasteiger partial charge in [0.2, 0.25) is 15.9 Å². The highest BCUT2D eigenvalue weighted by atomic mass is 32.2. The number of carbonyl (C=O) groups excluding carboxylic acids is 1. The van der Waals surface area contributed by atoms with Gasteiger partial charge in [0, 0.05) is 5.69 Å². The fraction of sp³-hybridized carbons (Fsp3) is 0.235.